The molecule has 0 aromatic heterocycles. The van der Waals surface area contributed by atoms with Crippen molar-refractivity contribution in [3.05, 3.63) is 23.3 Å². The highest BCUT2D eigenvalue weighted by Gasteiger charge is 2.21. The molecule has 1 aromatic rings. The summed E-state index contributed by atoms with van der Waals surface area (Å²) in [5.74, 6) is 1.00. The number of benzene rings is 1. The van der Waals surface area contributed by atoms with Gasteiger partial charge in [0.2, 0.25) is 0 Å². The zero-order valence-corrected chi connectivity index (χ0v) is 10.0. The van der Waals surface area contributed by atoms with Crippen molar-refractivity contribution >= 4 is 11.5 Å². The van der Waals surface area contributed by atoms with E-state index in [1.54, 1.807) is 7.11 Å². The van der Waals surface area contributed by atoms with E-state index < -0.39 is 0 Å². The van der Waals surface area contributed by atoms with Crippen molar-refractivity contribution in [2.45, 2.75) is 19.3 Å². The van der Waals surface area contributed by atoms with E-state index in [9.17, 15) is 4.79 Å². The summed E-state index contributed by atoms with van der Waals surface area (Å²) in [4.78, 5) is 13.9. The third-order valence-electron chi connectivity index (χ3n) is 3.05. The molecule has 3 nitrogen and oxygen atoms in total. The lowest BCUT2D eigenvalue weighted by atomic mass is 9.89. The van der Waals surface area contributed by atoms with Crippen LogP contribution in [0.3, 0.4) is 0 Å². The van der Waals surface area contributed by atoms with Crippen molar-refractivity contribution in [3.8, 4) is 5.75 Å². The summed E-state index contributed by atoms with van der Waals surface area (Å²) < 4.78 is 5.24. The molecule has 0 radical (unpaired) electrons. The number of rotatable bonds is 2. The normalized spacial score (nSPS) is 14.6. The van der Waals surface area contributed by atoms with Crippen molar-refractivity contribution < 1.29 is 9.53 Å². The third-order valence-corrected chi connectivity index (χ3v) is 3.05. The van der Waals surface area contributed by atoms with Gasteiger partial charge in [-0.1, -0.05) is 0 Å². The molecule has 0 aliphatic heterocycles. The largest absolute Gasteiger partial charge is 0.497 e. The molecule has 0 saturated heterocycles. The molecule has 1 aromatic carbocycles. The number of carbonyl (C=O) groups is 1. The zero-order chi connectivity index (χ0) is 11.7. The smallest absolute Gasteiger partial charge is 0.163 e. The maximum Gasteiger partial charge on any atom is 0.163 e. The lowest BCUT2D eigenvalue weighted by Crippen LogP contribution is -2.18. The van der Waals surface area contributed by atoms with Crippen LogP contribution in [0.25, 0.3) is 0 Å². The van der Waals surface area contributed by atoms with Crippen LogP contribution in [0.15, 0.2) is 12.1 Å². The fourth-order valence-electron chi connectivity index (χ4n) is 2.22. The summed E-state index contributed by atoms with van der Waals surface area (Å²) in [6, 6.07) is 3.86. The number of hydrogen-bond donors (Lipinski definition) is 0. The summed E-state index contributed by atoms with van der Waals surface area (Å²) in [5.41, 5.74) is 3.11. The van der Waals surface area contributed by atoms with Crippen molar-refractivity contribution in [1.82, 2.24) is 0 Å². The van der Waals surface area contributed by atoms with Crippen LogP contribution in [-0.2, 0) is 6.42 Å². The number of ketones is 1. The minimum Gasteiger partial charge on any atom is -0.497 e. The second kappa shape index (κ2) is 4.16. The van der Waals surface area contributed by atoms with Crippen molar-refractivity contribution in [1.29, 1.82) is 0 Å². The fourth-order valence-corrected chi connectivity index (χ4v) is 2.22. The number of carbonyl (C=O) groups excluding carboxylic acids is 1. The number of hydrogen-bond acceptors (Lipinski definition) is 3. The van der Waals surface area contributed by atoms with Gasteiger partial charge >= 0.3 is 0 Å². The minimum atomic E-state index is 0.239. The van der Waals surface area contributed by atoms with Crippen LogP contribution in [0.2, 0.25) is 0 Å². The lowest BCUT2D eigenvalue weighted by Gasteiger charge is -2.24. The number of methoxy groups -OCH3 is 1. The first-order valence-electron chi connectivity index (χ1n) is 5.55. The summed E-state index contributed by atoms with van der Waals surface area (Å²) in [6.07, 6.45) is 2.60. The Labute approximate surface area is 96.0 Å². The summed E-state index contributed by atoms with van der Waals surface area (Å²) in [5, 5.41) is 0. The molecule has 0 spiro atoms. The quantitative estimate of drug-likeness (QED) is 0.764. The highest BCUT2D eigenvalue weighted by atomic mass is 16.5. The van der Waals surface area contributed by atoms with Gasteiger partial charge in [0, 0.05) is 37.8 Å². The monoisotopic (exact) mass is 219 g/mol. The first kappa shape index (κ1) is 11.0. The molecule has 0 amide bonds. The van der Waals surface area contributed by atoms with E-state index in [4.69, 9.17) is 4.74 Å². The van der Waals surface area contributed by atoms with Crippen LogP contribution in [0, 0.1) is 0 Å². The second-order valence-electron chi connectivity index (χ2n) is 4.34. The Bertz CT molecular complexity index is 424. The molecule has 0 fully saturated rings. The Morgan fingerprint density at radius 2 is 2.00 bits per heavy atom. The molecule has 1 aliphatic rings. The molecular weight excluding hydrogens is 202 g/mol. The van der Waals surface area contributed by atoms with Gasteiger partial charge < -0.3 is 9.64 Å². The Balaban J connectivity index is 2.60. The molecule has 0 atom stereocenters. The van der Waals surface area contributed by atoms with Gasteiger partial charge in [-0.2, -0.15) is 0 Å². The number of nitrogens with zero attached hydrogens (tertiary/aromatic N) is 1. The highest BCUT2D eigenvalue weighted by Crippen LogP contribution is 2.33. The Morgan fingerprint density at radius 1 is 1.25 bits per heavy atom. The van der Waals surface area contributed by atoms with E-state index in [-0.39, 0.29) is 5.78 Å². The molecule has 3 heteroatoms. The lowest BCUT2D eigenvalue weighted by molar-refractivity contribution is 0.0972. The van der Waals surface area contributed by atoms with Crippen LogP contribution in [0.1, 0.15) is 28.8 Å². The maximum absolute atomic E-state index is 11.9. The standard InChI is InChI=1S/C13H17NO2/c1-14(2)12-8-9(16-3)7-11-10(12)5-4-6-13(11)15/h7-8H,4-6H2,1-3H3. The highest BCUT2D eigenvalue weighted by molar-refractivity contribution is 6.00. The molecule has 16 heavy (non-hydrogen) atoms. The fraction of sp³-hybridized carbons (Fsp3) is 0.462. The van der Waals surface area contributed by atoms with E-state index in [0.717, 1.165) is 29.8 Å². The first-order chi connectivity index (χ1) is 7.63. The van der Waals surface area contributed by atoms with Crippen molar-refractivity contribution in [2.75, 3.05) is 26.1 Å². The van der Waals surface area contributed by atoms with Crippen LogP contribution in [0.5, 0.6) is 5.75 Å². The van der Waals surface area contributed by atoms with Gasteiger partial charge in [-0.25, -0.2) is 0 Å². The van der Waals surface area contributed by atoms with Crippen molar-refractivity contribution in [2.24, 2.45) is 0 Å². The number of fused-ring (bicyclic) bond motifs is 1. The van der Waals surface area contributed by atoms with E-state index in [1.165, 1.54) is 5.56 Å². The van der Waals surface area contributed by atoms with Crippen LogP contribution >= 0.6 is 0 Å². The van der Waals surface area contributed by atoms with Gasteiger partial charge in [0.05, 0.1) is 7.11 Å². The van der Waals surface area contributed by atoms with Gasteiger partial charge in [-0.15, -0.1) is 0 Å². The van der Waals surface area contributed by atoms with Gasteiger partial charge in [0.25, 0.3) is 0 Å². The average Bonchev–Trinajstić information content (AvgIpc) is 2.28. The number of ether oxygens (including phenoxy) is 1. The first-order valence-corrected chi connectivity index (χ1v) is 5.55. The van der Waals surface area contributed by atoms with Gasteiger partial charge in [-0.05, 0) is 24.5 Å². The predicted octanol–water partition coefficient (Wildman–Crippen LogP) is 2.28. The predicted molar refractivity (Wildman–Crippen MR) is 64.6 cm³/mol. The van der Waals surface area contributed by atoms with E-state index in [2.05, 4.69) is 0 Å². The molecule has 0 heterocycles. The Morgan fingerprint density at radius 3 is 2.62 bits per heavy atom. The second-order valence-corrected chi connectivity index (χ2v) is 4.34. The van der Waals surface area contributed by atoms with E-state index in [0.29, 0.717) is 6.42 Å². The maximum atomic E-state index is 11.9. The summed E-state index contributed by atoms with van der Waals surface area (Å²) in [6.45, 7) is 0. The molecule has 0 saturated carbocycles. The molecule has 0 bridgehead atoms. The molecule has 86 valence electrons. The SMILES string of the molecule is COc1cc2c(c(N(C)C)c1)CCCC2=O. The third kappa shape index (κ3) is 1.77. The molecule has 0 unspecified atom stereocenters. The number of anilines is 1. The minimum absolute atomic E-state index is 0.239. The van der Waals surface area contributed by atoms with Gasteiger partial charge in [0.15, 0.2) is 5.78 Å². The molecule has 2 rings (SSSR count). The summed E-state index contributed by atoms with van der Waals surface area (Å²) in [7, 11) is 5.62. The Hall–Kier alpha value is -1.51. The average molecular weight is 219 g/mol. The van der Waals surface area contributed by atoms with Crippen LogP contribution in [-0.4, -0.2) is 27.0 Å². The topological polar surface area (TPSA) is 29.5 Å². The summed E-state index contributed by atoms with van der Waals surface area (Å²) >= 11 is 0. The van der Waals surface area contributed by atoms with E-state index in [1.807, 2.05) is 31.1 Å². The van der Waals surface area contributed by atoms with Gasteiger partial charge in [0.1, 0.15) is 5.75 Å². The van der Waals surface area contributed by atoms with E-state index >= 15 is 0 Å². The zero-order valence-electron chi connectivity index (χ0n) is 10.0. The van der Waals surface area contributed by atoms with Crippen molar-refractivity contribution in [3.63, 3.8) is 0 Å². The van der Waals surface area contributed by atoms with Gasteiger partial charge in [-0.3, -0.25) is 4.79 Å². The number of Topliss-reactive ketones (excluding diaryl/α,β-unsaturated/α-hetero) is 1. The Kier molecular flexibility index (Phi) is 2.86. The molecular formula is C13H17NO2. The van der Waals surface area contributed by atoms with Crippen LogP contribution < -0.4 is 9.64 Å². The molecule has 1 aliphatic carbocycles. The van der Waals surface area contributed by atoms with Crippen LogP contribution in [0.4, 0.5) is 5.69 Å². The molecule has 0 N–H and O–H groups in total.